The predicted molar refractivity (Wildman–Crippen MR) is 166 cm³/mol. The number of aliphatic imine (C=N–C) groups is 1. The minimum Gasteiger partial charge on any atom is -0.396 e. The van der Waals surface area contributed by atoms with E-state index in [1.165, 1.54) is 0 Å². The molecule has 2 aromatic carbocycles. The molecule has 2 N–H and O–H groups in total. The van der Waals surface area contributed by atoms with E-state index in [1.807, 2.05) is 32.0 Å². The summed E-state index contributed by atoms with van der Waals surface area (Å²) in [5.41, 5.74) is 2.58. The first-order valence-corrected chi connectivity index (χ1v) is 16.3. The van der Waals surface area contributed by atoms with Gasteiger partial charge in [0.05, 0.1) is 18.0 Å². The standard InChI is InChI=1S/C32H42N4O6S/c1-6-9-14-29-33-32(7-2,17-18-37)31(38)36(29)20-24-15-16-26(25(19-24)21-41-8-3)27-12-10-11-13-28(27)43(39,40)35-30-22(4)23(5)42-34-30/h10-13,15-16,19,37H,6-9,14,17-18,20-21H2,1-5H3,(H,34,35). The summed E-state index contributed by atoms with van der Waals surface area (Å²) in [6.07, 6.45) is 3.36. The largest absolute Gasteiger partial charge is 0.396 e. The third-order valence-corrected chi connectivity index (χ3v) is 9.39. The Morgan fingerprint density at radius 3 is 2.51 bits per heavy atom. The number of nitrogens with one attached hydrogen (secondary N) is 1. The average Bonchev–Trinajstić information content (AvgIpc) is 3.45. The Hall–Kier alpha value is -3.54. The highest BCUT2D eigenvalue weighted by molar-refractivity contribution is 7.92. The van der Waals surface area contributed by atoms with Crippen molar-refractivity contribution in [1.82, 2.24) is 10.1 Å². The van der Waals surface area contributed by atoms with Crippen molar-refractivity contribution in [1.29, 1.82) is 0 Å². The lowest BCUT2D eigenvalue weighted by molar-refractivity contribution is -0.132. The zero-order valence-electron chi connectivity index (χ0n) is 25.6. The molecule has 1 amide bonds. The lowest BCUT2D eigenvalue weighted by Crippen LogP contribution is -2.42. The number of carbonyl (C=O) groups excluding carboxylic acids is 1. The number of aliphatic hydroxyl groups excluding tert-OH is 1. The maximum absolute atomic E-state index is 13.7. The van der Waals surface area contributed by atoms with Gasteiger partial charge in [-0.15, -0.1) is 0 Å². The van der Waals surface area contributed by atoms with Gasteiger partial charge in [0.1, 0.15) is 17.1 Å². The molecule has 3 aromatic rings. The normalized spacial score (nSPS) is 17.0. The average molecular weight is 611 g/mol. The van der Waals surface area contributed by atoms with E-state index in [1.54, 1.807) is 43.0 Å². The van der Waals surface area contributed by atoms with E-state index in [-0.39, 0.29) is 36.3 Å². The van der Waals surface area contributed by atoms with Gasteiger partial charge < -0.3 is 14.4 Å². The third-order valence-electron chi connectivity index (χ3n) is 7.99. The summed E-state index contributed by atoms with van der Waals surface area (Å²) in [5.74, 6) is 1.34. The van der Waals surface area contributed by atoms with Crippen molar-refractivity contribution in [2.45, 2.75) is 90.3 Å². The number of sulfonamides is 1. The van der Waals surface area contributed by atoms with Gasteiger partial charge in [0, 0.05) is 37.2 Å². The number of amides is 1. The van der Waals surface area contributed by atoms with Crippen molar-refractivity contribution in [3.05, 3.63) is 64.9 Å². The van der Waals surface area contributed by atoms with Crippen LogP contribution in [0.2, 0.25) is 0 Å². The lowest BCUT2D eigenvalue weighted by atomic mass is 9.92. The van der Waals surface area contributed by atoms with Crippen molar-refractivity contribution in [2.75, 3.05) is 17.9 Å². The van der Waals surface area contributed by atoms with Crippen LogP contribution in [0.1, 0.15) is 75.3 Å². The molecule has 1 unspecified atom stereocenters. The van der Waals surface area contributed by atoms with Crippen LogP contribution in [0.3, 0.4) is 0 Å². The first-order valence-electron chi connectivity index (χ1n) is 14.9. The molecule has 0 aliphatic carbocycles. The molecule has 2 heterocycles. The third kappa shape index (κ3) is 6.84. The van der Waals surface area contributed by atoms with Crippen molar-refractivity contribution >= 4 is 27.6 Å². The number of carbonyl (C=O) groups is 1. The number of hydrogen-bond acceptors (Lipinski definition) is 8. The molecule has 1 aliphatic heterocycles. The highest BCUT2D eigenvalue weighted by Crippen LogP contribution is 2.35. The van der Waals surface area contributed by atoms with Gasteiger partial charge in [-0.3, -0.25) is 19.4 Å². The molecule has 0 fully saturated rings. The van der Waals surface area contributed by atoms with Crippen LogP contribution >= 0.6 is 0 Å². The summed E-state index contributed by atoms with van der Waals surface area (Å²) in [6.45, 7) is 10.3. The van der Waals surface area contributed by atoms with Gasteiger partial charge in [-0.2, -0.15) is 0 Å². The van der Waals surface area contributed by atoms with Crippen LogP contribution in [0, 0.1) is 13.8 Å². The fraction of sp³-hybridized carbons (Fsp3) is 0.469. The zero-order valence-corrected chi connectivity index (χ0v) is 26.5. The molecule has 232 valence electrons. The maximum Gasteiger partial charge on any atom is 0.263 e. The van der Waals surface area contributed by atoms with Crippen LogP contribution in [-0.2, 0) is 32.7 Å². The van der Waals surface area contributed by atoms with E-state index >= 15 is 0 Å². The summed E-state index contributed by atoms with van der Waals surface area (Å²) < 4.78 is 40.7. The smallest absolute Gasteiger partial charge is 0.263 e. The molecule has 0 radical (unpaired) electrons. The molecule has 0 spiro atoms. The molecule has 1 atom stereocenters. The van der Waals surface area contributed by atoms with Gasteiger partial charge in [0.25, 0.3) is 15.9 Å². The van der Waals surface area contributed by atoms with Gasteiger partial charge in [0.2, 0.25) is 0 Å². The Labute approximate surface area is 254 Å². The van der Waals surface area contributed by atoms with E-state index in [9.17, 15) is 18.3 Å². The van der Waals surface area contributed by atoms with Crippen LogP contribution in [0.25, 0.3) is 11.1 Å². The minimum atomic E-state index is -4.01. The second kappa shape index (κ2) is 13.8. The molecule has 11 heteroatoms. The summed E-state index contributed by atoms with van der Waals surface area (Å²) in [4.78, 5) is 20.4. The van der Waals surface area contributed by atoms with E-state index in [4.69, 9.17) is 14.3 Å². The molecular formula is C32H42N4O6S. The molecule has 4 rings (SSSR count). The number of aliphatic hydroxyl groups is 1. The van der Waals surface area contributed by atoms with Gasteiger partial charge >= 0.3 is 0 Å². The Morgan fingerprint density at radius 1 is 1.09 bits per heavy atom. The minimum absolute atomic E-state index is 0.0912. The van der Waals surface area contributed by atoms with Gasteiger partial charge in [-0.25, -0.2) is 8.42 Å². The molecule has 0 saturated carbocycles. The van der Waals surface area contributed by atoms with Gasteiger partial charge in [-0.1, -0.05) is 61.8 Å². The topological polar surface area (TPSA) is 134 Å². The van der Waals surface area contributed by atoms with Gasteiger partial charge in [-0.05, 0) is 56.4 Å². The fourth-order valence-corrected chi connectivity index (χ4v) is 6.59. The first kappa shape index (κ1) is 32.4. The van der Waals surface area contributed by atoms with Crippen molar-refractivity contribution in [3.63, 3.8) is 0 Å². The second-order valence-electron chi connectivity index (χ2n) is 10.8. The van der Waals surface area contributed by atoms with Crippen LogP contribution < -0.4 is 4.72 Å². The van der Waals surface area contributed by atoms with Crippen LogP contribution in [0.4, 0.5) is 5.82 Å². The van der Waals surface area contributed by atoms with E-state index in [2.05, 4.69) is 16.8 Å². The number of nitrogens with zero attached hydrogens (tertiary/aromatic N) is 3. The second-order valence-corrected chi connectivity index (χ2v) is 12.5. The van der Waals surface area contributed by atoms with Crippen LogP contribution in [0.5, 0.6) is 0 Å². The zero-order chi connectivity index (χ0) is 31.2. The Balaban J connectivity index is 1.72. The highest BCUT2D eigenvalue weighted by atomic mass is 32.2. The number of unbranched alkanes of at least 4 members (excludes halogenated alkanes) is 1. The molecule has 1 aromatic heterocycles. The number of hydrogen-bond donors (Lipinski definition) is 2. The Kier molecular flexibility index (Phi) is 10.4. The SMILES string of the molecule is CCCCC1=NC(CC)(CCO)C(=O)N1Cc1ccc(-c2ccccc2S(=O)(=O)Nc2noc(C)c2C)c(COCC)c1. The summed E-state index contributed by atoms with van der Waals surface area (Å²) in [6, 6.07) is 12.6. The van der Waals surface area contributed by atoms with Crippen molar-refractivity contribution in [3.8, 4) is 11.1 Å². The number of ether oxygens (including phenoxy) is 1. The number of rotatable bonds is 15. The summed E-state index contributed by atoms with van der Waals surface area (Å²) in [7, 11) is -4.01. The molecule has 0 saturated heterocycles. The van der Waals surface area contributed by atoms with Gasteiger partial charge in [0.15, 0.2) is 5.82 Å². The van der Waals surface area contributed by atoms with Crippen LogP contribution in [-0.4, -0.2) is 54.1 Å². The predicted octanol–water partition coefficient (Wildman–Crippen LogP) is 5.76. The maximum atomic E-state index is 13.7. The van der Waals surface area contributed by atoms with E-state index in [0.29, 0.717) is 48.4 Å². The van der Waals surface area contributed by atoms with Crippen molar-refractivity contribution in [2.24, 2.45) is 4.99 Å². The Morgan fingerprint density at radius 2 is 1.86 bits per heavy atom. The number of aryl methyl sites for hydroxylation is 1. The van der Waals surface area contributed by atoms with Crippen LogP contribution in [0.15, 0.2) is 56.9 Å². The molecule has 1 aliphatic rings. The monoisotopic (exact) mass is 610 g/mol. The van der Waals surface area contributed by atoms with E-state index < -0.39 is 15.6 Å². The number of anilines is 1. The summed E-state index contributed by atoms with van der Waals surface area (Å²) in [5, 5.41) is 13.6. The lowest BCUT2D eigenvalue weighted by Gasteiger charge is -2.25. The fourth-order valence-electron chi connectivity index (χ4n) is 5.31. The van der Waals surface area contributed by atoms with E-state index in [0.717, 1.165) is 29.8 Å². The Bertz CT molecular complexity index is 1580. The highest BCUT2D eigenvalue weighted by Gasteiger charge is 2.46. The quantitative estimate of drug-likeness (QED) is 0.224. The molecule has 43 heavy (non-hydrogen) atoms. The summed E-state index contributed by atoms with van der Waals surface area (Å²) >= 11 is 0. The molecule has 10 nitrogen and oxygen atoms in total. The number of benzene rings is 2. The van der Waals surface area contributed by atoms with Crippen molar-refractivity contribution < 1.29 is 27.6 Å². The first-order chi connectivity index (χ1) is 20.6. The molecule has 0 bridgehead atoms. The number of aromatic nitrogens is 1. The number of amidine groups is 1. The molecular weight excluding hydrogens is 568 g/mol.